The van der Waals surface area contributed by atoms with Crippen LogP contribution in [0.15, 0.2) is 48.6 Å². The molecule has 238 valence electrons. The molecule has 3 aliphatic rings. The fourth-order valence-corrected chi connectivity index (χ4v) is 7.08. The van der Waals surface area contributed by atoms with Gasteiger partial charge in [0, 0.05) is 37.6 Å². The standard InChI is InChI=1S/C35H45ClN2O6/c1-4-8-23-17-27(36)12-14-28(23)25-21-38-20-24-10-13-29(24)31(39)9-6-5-7-16-37(2)33(40)19-35(42,34(41)43-3)26-11-15-32(44-22-25)30(38)18-26/h6,9,11-12,14-15,17-18,24-25,29,31,39,42H,4-5,7-8,10,13,16,19-22H2,1-3H3/b9-6+/t24?,25?,29?,31?,35-/m0/s1. The fraction of sp³-hybridized carbons (Fsp3) is 0.543. The minimum absolute atomic E-state index is 0.0387. The molecule has 1 amide bonds. The number of rotatable bonds is 4. The molecule has 4 unspecified atom stereocenters. The number of allylic oxidation sites excluding steroid dienone is 1. The maximum absolute atomic E-state index is 13.3. The molecule has 1 fully saturated rings. The molecular weight excluding hydrogens is 580 g/mol. The third-order valence-electron chi connectivity index (χ3n) is 9.65. The summed E-state index contributed by atoms with van der Waals surface area (Å²) in [7, 11) is 2.89. The van der Waals surface area contributed by atoms with E-state index in [9.17, 15) is 19.8 Å². The number of esters is 1. The normalized spacial score (nSPS) is 28.5. The molecule has 1 aliphatic carbocycles. The highest BCUT2D eigenvalue weighted by Gasteiger charge is 2.44. The van der Waals surface area contributed by atoms with Crippen LogP contribution >= 0.6 is 11.6 Å². The lowest BCUT2D eigenvalue weighted by Gasteiger charge is -2.42. The predicted molar refractivity (Wildman–Crippen MR) is 171 cm³/mol. The molecule has 5 atom stereocenters. The molecule has 2 N–H and O–H groups in total. The van der Waals surface area contributed by atoms with Gasteiger partial charge in [0.2, 0.25) is 5.91 Å². The van der Waals surface area contributed by atoms with Crippen molar-refractivity contribution in [2.45, 2.75) is 69.5 Å². The number of ether oxygens (including phenoxy) is 2. The number of anilines is 1. The van der Waals surface area contributed by atoms with Gasteiger partial charge in [0.1, 0.15) is 5.75 Å². The number of fused-ring (bicyclic) bond motifs is 2. The molecule has 0 spiro atoms. The van der Waals surface area contributed by atoms with Gasteiger partial charge in [0.05, 0.1) is 31.9 Å². The summed E-state index contributed by atoms with van der Waals surface area (Å²) in [6, 6.07) is 11.3. The van der Waals surface area contributed by atoms with Crippen LogP contribution in [0.1, 0.15) is 68.1 Å². The van der Waals surface area contributed by atoms with Crippen molar-refractivity contribution in [1.82, 2.24) is 4.90 Å². The summed E-state index contributed by atoms with van der Waals surface area (Å²) >= 11 is 6.40. The molecule has 2 aliphatic heterocycles. The molecule has 0 radical (unpaired) electrons. The summed E-state index contributed by atoms with van der Waals surface area (Å²) in [6.45, 7) is 4.38. The quantitative estimate of drug-likeness (QED) is 0.355. The molecule has 1 saturated carbocycles. The number of carbonyl (C=O) groups is 2. The SMILES string of the molecule is CCCc1cc(Cl)ccc1C1COc2ccc3cc2N(C1)CC1CCC1C(O)/C=C/CCCN(C)C(=O)C[C@@]3(O)C(=O)OC. The summed E-state index contributed by atoms with van der Waals surface area (Å²) < 4.78 is 11.5. The number of amides is 1. The van der Waals surface area contributed by atoms with Gasteiger partial charge >= 0.3 is 5.97 Å². The second-order valence-electron chi connectivity index (χ2n) is 12.6. The fourth-order valence-electron chi connectivity index (χ4n) is 6.89. The third-order valence-corrected chi connectivity index (χ3v) is 9.88. The Kier molecular flexibility index (Phi) is 10.2. The van der Waals surface area contributed by atoms with Crippen molar-refractivity contribution in [3.05, 3.63) is 70.3 Å². The molecule has 8 nitrogen and oxygen atoms in total. The van der Waals surface area contributed by atoms with Gasteiger partial charge in [0.25, 0.3) is 0 Å². The Morgan fingerprint density at radius 1 is 1.18 bits per heavy atom. The van der Waals surface area contributed by atoms with E-state index in [1.807, 2.05) is 24.3 Å². The number of aliphatic hydroxyl groups excluding tert-OH is 1. The van der Waals surface area contributed by atoms with E-state index in [2.05, 4.69) is 17.9 Å². The number of hydrogen-bond donors (Lipinski definition) is 2. The number of aliphatic hydroxyl groups is 2. The molecule has 0 aromatic heterocycles. The van der Waals surface area contributed by atoms with E-state index in [0.29, 0.717) is 49.9 Å². The van der Waals surface area contributed by atoms with Crippen LogP contribution < -0.4 is 9.64 Å². The molecule has 2 heterocycles. The smallest absolute Gasteiger partial charge is 0.343 e. The number of benzene rings is 2. The van der Waals surface area contributed by atoms with Gasteiger partial charge in [-0.15, -0.1) is 0 Å². The van der Waals surface area contributed by atoms with Gasteiger partial charge in [0.15, 0.2) is 5.60 Å². The Bertz CT molecular complexity index is 1380. The van der Waals surface area contributed by atoms with Gasteiger partial charge in [-0.25, -0.2) is 4.79 Å². The molecule has 9 heteroatoms. The van der Waals surface area contributed by atoms with Crippen LogP contribution in [0.25, 0.3) is 0 Å². The summed E-state index contributed by atoms with van der Waals surface area (Å²) in [4.78, 5) is 30.2. The maximum atomic E-state index is 13.3. The van der Waals surface area contributed by atoms with E-state index in [1.54, 1.807) is 25.2 Å². The zero-order chi connectivity index (χ0) is 31.4. The molecule has 2 bridgehead atoms. The summed E-state index contributed by atoms with van der Waals surface area (Å²) in [5.74, 6) is -0.166. The summed E-state index contributed by atoms with van der Waals surface area (Å²) in [6.07, 6.45) is 8.18. The van der Waals surface area contributed by atoms with E-state index >= 15 is 0 Å². The Hall–Kier alpha value is -3.07. The van der Waals surface area contributed by atoms with Gasteiger partial charge < -0.3 is 29.5 Å². The summed E-state index contributed by atoms with van der Waals surface area (Å²) in [5, 5.41) is 23.6. The number of hydrogen-bond acceptors (Lipinski definition) is 7. The van der Waals surface area contributed by atoms with Crippen molar-refractivity contribution >= 4 is 29.2 Å². The van der Waals surface area contributed by atoms with E-state index < -0.39 is 24.1 Å². The third kappa shape index (κ3) is 6.77. The van der Waals surface area contributed by atoms with Crippen LogP contribution in [0, 0.1) is 11.8 Å². The second kappa shape index (κ2) is 13.9. The molecule has 2 aromatic rings. The molecule has 2 aromatic carbocycles. The highest BCUT2D eigenvalue weighted by molar-refractivity contribution is 6.30. The van der Waals surface area contributed by atoms with Crippen LogP contribution in [0.5, 0.6) is 5.75 Å². The van der Waals surface area contributed by atoms with Gasteiger partial charge in [-0.3, -0.25) is 4.79 Å². The molecule has 5 rings (SSSR count). The Labute approximate surface area is 265 Å². The van der Waals surface area contributed by atoms with Crippen LogP contribution in [-0.4, -0.2) is 73.5 Å². The lowest BCUT2D eigenvalue weighted by Crippen LogP contribution is -2.44. The largest absolute Gasteiger partial charge is 0.491 e. The minimum atomic E-state index is -2.17. The number of carbonyl (C=O) groups excluding carboxylic acids is 2. The van der Waals surface area contributed by atoms with E-state index in [4.69, 9.17) is 21.1 Å². The van der Waals surface area contributed by atoms with Crippen molar-refractivity contribution in [1.29, 1.82) is 0 Å². The van der Waals surface area contributed by atoms with Gasteiger partial charge in [-0.05, 0) is 84.9 Å². The van der Waals surface area contributed by atoms with E-state index in [-0.39, 0.29) is 29.2 Å². The number of halogens is 1. The first-order valence-corrected chi connectivity index (χ1v) is 16.2. The first kappa shape index (κ1) is 32.3. The van der Waals surface area contributed by atoms with Crippen LogP contribution in [0.3, 0.4) is 0 Å². The summed E-state index contributed by atoms with van der Waals surface area (Å²) in [5.41, 5.74) is 1.27. The average molecular weight is 625 g/mol. The van der Waals surface area contributed by atoms with E-state index in [0.717, 1.165) is 31.4 Å². The monoisotopic (exact) mass is 624 g/mol. The molecule has 44 heavy (non-hydrogen) atoms. The number of nitrogens with zero attached hydrogens (tertiary/aromatic N) is 2. The van der Waals surface area contributed by atoms with Crippen LogP contribution in [0.4, 0.5) is 5.69 Å². The highest BCUT2D eigenvalue weighted by Crippen LogP contribution is 2.44. The molecular formula is C35H45ClN2O6. The van der Waals surface area contributed by atoms with Gasteiger partial charge in [-0.1, -0.05) is 49.2 Å². The lowest BCUT2D eigenvalue weighted by molar-refractivity contribution is -0.168. The van der Waals surface area contributed by atoms with Crippen molar-refractivity contribution in [2.75, 3.05) is 45.3 Å². The van der Waals surface area contributed by atoms with Crippen molar-refractivity contribution < 1.29 is 29.3 Å². The van der Waals surface area contributed by atoms with Crippen molar-refractivity contribution in [3.8, 4) is 5.75 Å². The Morgan fingerprint density at radius 3 is 2.73 bits per heavy atom. The first-order chi connectivity index (χ1) is 21.1. The topological polar surface area (TPSA) is 99.5 Å². The van der Waals surface area contributed by atoms with Crippen molar-refractivity contribution in [3.63, 3.8) is 0 Å². The lowest BCUT2D eigenvalue weighted by atomic mass is 9.70. The van der Waals surface area contributed by atoms with Crippen LogP contribution in [0.2, 0.25) is 5.02 Å². The van der Waals surface area contributed by atoms with Gasteiger partial charge in [-0.2, -0.15) is 0 Å². The minimum Gasteiger partial charge on any atom is -0.491 e. The Balaban J connectivity index is 1.59. The number of methoxy groups -OCH3 is 1. The average Bonchev–Trinajstić information content (AvgIpc) is 3.17. The highest BCUT2D eigenvalue weighted by atomic mass is 35.5. The maximum Gasteiger partial charge on any atom is 0.343 e. The zero-order valence-electron chi connectivity index (χ0n) is 26.0. The zero-order valence-corrected chi connectivity index (χ0v) is 26.8. The van der Waals surface area contributed by atoms with Crippen LogP contribution in [-0.2, 0) is 26.3 Å². The number of aryl methyl sites for hydroxylation is 1. The van der Waals surface area contributed by atoms with Crippen molar-refractivity contribution in [2.24, 2.45) is 11.8 Å². The van der Waals surface area contributed by atoms with E-state index in [1.165, 1.54) is 23.1 Å². The first-order valence-electron chi connectivity index (χ1n) is 15.8. The Morgan fingerprint density at radius 2 is 2.00 bits per heavy atom. The second-order valence-corrected chi connectivity index (χ2v) is 13.0. The predicted octanol–water partition coefficient (Wildman–Crippen LogP) is 5.22. The molecule has 0 saturated heterocycles.